The lowest BCUT2D eigenvalue weighted by Gasteiger charge is -2.12. The van der Waals surface area contributed by atoms with E-state index < -0.39 is 11.7 Å². The highest BCUT2D eigenvalue weighted by Gasteiger charge is 2.33. The molecule has 0 radical (unpaired) electrons. The molecular formula is C10H7BrF3IO. The molecule has 0 N–H and O–H groups in total. The summed E-state index contributed by atoms with van der Waals surface area (Å²) in [6.07, 6.45) is -4.61. The van der Waals surface area contributed by atoms with Gasteiger partial charge >= 0.3 is 6.18 Å². The number of carbonyl (C=O) groups excluding carboxylic acids is 1. The van der Waals surface area contributed by atoms with E-state index in [9.17, 15) is 18.0 Å². The first-order chi connectivity index (χ1) is 7.34. The molecule has 0 saturated heterocycles. The number of halogens is 5. The Balaban J connectivity index is 3.13. The average molecular weight is 407 g/mol. The highest BCUT2D eigenvalue weighted by atomic mass is 127. The third-order valence-electron chi connectivity index (χ3n) is 1.91. The Bertz CT molecular complexity index is 404. The maximum Gasteiger partial charge on any atom is 0.416 e. The van der Waals surface area contributed by atoms with Crippen LogP contribution in [0.5, 0.6) is 0 Å². The predicted molar refractivity (Wildman–Crippen MR) is 66.7 cm³/mol. The van der Waals surface area contributed by atoms with Crippen molar-refractivity contribution in [2.75, 3.05) is 5.33 Å². The van der Waals surface area contributed by atoms with Crippen molar-refractivity contribution in [1.82, 2.24) is 0 Å². The second-order valence-corrected chi connectivity index (χ2v) is 4.95. The number of benzene rings is 1. The summed E-state index contributed by atoms with van der Waals surface area (Å²) in [7, 11) is 0. The topological polar surface area (TPSA) is 17.1 Å². The van der Waals surface area contributed by atoms with E-state index in [1.165, 1.54) is 6.07 Å². The molecule has 0 aliphatic carbocycles. The van der Waals surface area contributed by atoms with Crippen LogP contribution in [0.25, 0.3) is 0 Å². The van der Waals surface area contributed by atoms with Crippen LogP contribution < -0.4 is 0 Å². The summed E-state index contributed by atoms with van der Waals surface area (Å²) in [4.78, 5) is 11.1. The molecule has 0 bridgehead atoms. The van der Waals surface area contributed by atoms with Gasteiger partial charge in [0, 0.05) is 9.99 Å². The lowest BCUT2D eigenvalue weighted by molar-refractivity contribution is -0.138. The fourth-order valence-corrected chi connectivity index (χ4v) is 1.92. The number of carbonyl (C=O) groups is 1. The van der Waals surface area contributed by atoms with Gasteiger partial charge in [0.2, 0.25) is 0 Å². The molecule has 6 heteroatoms. The Morgan fingerprint density at radius 1 is 1.38 bits per heavy atom. The van der Waals surface area contributed by atoms with Gasteiger partial charge in [-0.25, -0.2) is 0 Å². The number of rotatable bonds is 3. The zero-order valence-electron chi connectivity index (χ0n) is 7.94. The van der Waals surface area contributed by atoms with E-state index in [0.717, 1.165) is 6.07 Å². The van der Waals surface area contributed by atoms with Crippen molar-refractivity contribution in [2.45, 2.75) is 12.6 Å². The van der Waals surface area contributed by atoms with E-state index in [4.69, 9.17) is 0 Å². The molecule has 1 nitrogen and oxygen atoms in total. The van der Waals surface area contributed by atoms with Crippen LogP contribution in [0.15, 0.2) is 18.2 Å². The molecule has 0 saturated carbocycles. The zero-order valence-corrected chi connectivity index (χ0v) is 11.7. The summed E-state index contributed by atoms with van der Waals surface area (Å²) in [5, 5.41) is 0.0658. The first kappa shape index (κ1) is 14.0. The van der Waals surface area contributed by atoms with Crippen LogP contribution in [0.3, 0.4) is 0 Å². The van der Waals surface area contributed by atoms with E-state index in [1.807, 2.05) is 22.6 Å². The maximum atomic E-state index is 12.7. The summed E-state index contributed by atoms with van der Waals surface area (Å²) in [6, 6.07) is 3.97. The van der Waals surface area contributed by atoms with Gasteiger partial charge in [-0.3, -0.25) is 4.79 Å². The SMILES string of the molecule is O=C(CBr)Cc1ccc(I)cc1C(F)(F)F. The van der Waals surface area contributed by atoms with Gasteiger partial charge < -0.3 is 0 Å². The number of ketones is 1. The van der Waals surface area contributed by atoms with Crippen LogP contribution in [0, 0.1) is 3.57 Å². The molecule has 0 unspecified atom stereocenters. The molecule has 0 fully saturated rings. The average Bonchev–Trinajstić information content (AvgIpc) is 2.19. The minimum absolute atomic E-state index is 0.0253. The highest BCUT2D eigenvalue weighted by molar-refractivity contribution is 14.1. The van der Waals surface area contributed by atoms with Gasteiger partial charge in [0.05, 0.1) is 10.9 Å². The fourth-order valence-electron chi connectivity index (χ4n) is 1.23. The van der Waals surface area contributed by atoms with Crippen LogP contribution in [0.4, 0.5) is 13.2 Å². The van der Waals surface area contributed by atoms with Gasteiger partial charge in [-0.05, 0) is 40.3 Å². The first-order valence-corrected chi connectivity index (χ1v) is 6.48. The van der Waals surface area contributed by atoms with Crippen molar-refractivity contribution in [3.63, 3.8) is 0 Å². The quantitative estimate of drug-likeness (QED) is 0.551. The third-order valence-corrected chi connectivity index (χ3v) is 3.21. The van der Waals surface area contributed by atoms with Gasteiger partial charge in [0.1, 0.15) is 5.78 Å². The molecule has 1 rings (SSSR count). The van der Waals surface area contributed by atoms with Crippen molar-refractivity contribution < 1.29 is 18.0 Å². The van der Waals surface area contributed by atoms with Crippen molar-refractivity contribution in [1.29, 1.82) is 0 Å². The Hall–Kier alpha value is -0.110. The van der Waals surface area contributed by atoms with E-state index in [0.29, 0.717) is 3.57 Å². The lowest BCUT2D eigenvalue weighted by atomic mass is 10.0. The molecular weight excluding hydrogens is 400 g/mol. The standard InChI is InChI=1S/C10H7BrF3IO/c11-5-8(16)3-6-1-2-7(15)4-9(6)10(12,13)14/h1-2,4H,3,5H2. The second-order valence-electron chi connectivity index (χ2n) is 3.15. The Kier molecular flexibility index (Phi) is 4.78. The highest BCUT2D eigenvalue weighted by Crippen LogP contribution is 2.33. The Morgan fingerprint density at radius 3 is 2.50 bits per heavy atom. The number of Topliss-reactive ketones (excluding diaryl/α,β-unsaturated/α-hetero) is 1. The fraction of sp³-hybridized carbons (Fsp3) is 0.300. The monoisotopic (exact) mass is 406 g/mol. The van der Waals surface area contributed by atoms with E-state index >= 15 is 0 Å². The van der Waals surface area contributed by atoms with E-state index in [2.05, 4.69) is 15.9 Å². The largest absolute Gasteiger partial charge is 0.416 e. The van der Waals surface area contributed by atoms with E-state index in [1.54, 1.807) is 6.07 Å². The van der Waals surface area contributed by atoms with Gasteiger partial charge in [0.15, 0.2) is 0 Å². The van der Waals surface area contributed by atoms with E-state index in [-0.39, 0.29) is 23.1 Å². The van der Waals surface area contributed by atoms with Gasteiger partial charge in [-0.1, -0.05) is 22.0 Å². The van der Waals surface area contributed by atoms with Gasteiger partial charge in [0.25, 0.3) is 0 Å². The molecule has 0 aromatic heterocycles. The molecule has 0 heterocycles. The molecule has 0 amide bonds. The van der Waals surface area contributed by atoms with Crippen LogP contribution in [-0.4, -0.2) is 11.1 Å². The summed E-state index contributed by atoms with van der Waals surface area (Å²) in [5.74, 6) is -0.272. The normalized spacial score (nSPS) is 11.6. The Labute approximate surface area is 113 Å². The van der Waals surface area contributed by atoms with Crippen molar-refractivity contribution >= 4 is 44.3 Å². The maximum absolute atomic E-state index is 12.7. The molecule has 0 spiro atoms. The molecule has 0 aliphatic heterocycles. The van der Waals surface area contributed by atoms with Crippen LogP contribution in [0.1, 0.15) is 11.1 Å². The van der Waals surface area contributed by atoms with Gasteiger partial charge in [-0.15, -0.1) is 0 Å². The first-order valence-electron chi connectivity index (χ1n) is 4.28. The third kappa shape index (κ3) is 3.73. The number of alkyl halides is 4. The van der Waals surface area contributed by atoms with Crippen molar-refractivity contribution in [2.24, 2.45) is 0 Å². The predicted octanol–water partition coefficient (Wildman–Crippen LogP) is 3.82. The lowest BCUT2D eigenvalue weighted by Crippen LogP contribution is -2.13. The smallest absolute Gasteiger partial charge is 0.298 e. The molecule has 1 aromatic rings. The summed E-state index contributed by atoms with van der Waals surface area (Å²) >= 11 is 4.74. The molecule has 1 aromatic carbocycles. The second kappa shape index (κ2) is 5.48. The van der Waals surface area contributed by atoms with Crippen molar-refractivity contribution in [3.05, 3.63) is 32.9 Å². The summed E-state index contributed by atoms with van der Waals surface area (Å²) in [6.45, 7) is 0. The van der Waals surface area contributed by atoms with Gasteiger partial charge in [-0.2, -0.15) is 13.2 Å². The Morgan fingerprint density at radius 2 is 2.00 bits per heavy atom. The molecule has 88 valence electrons. The number of hydrogen-bond acceptors (Lipinski definition) is 1. The minimum Gasteiger partial charge on any atom is -0.298 e. The van der Waals surface area contributed by atoms with Crippen LogP contribution in [-0.2, 0) is 17.4 Å². The molecule has 0 aliphatic rings. The summed E-state index contributed by atoms with van der Waals surface area (Å²) < 4.78 is 38.5. The van der Waals surface area contributed by atoms with Crippen LogP contribution in [0.2, 0.25) is 0 Å². The summed E-state index contributed by atoms with van der Waals surface area (Å²) in [5.41, 5.74) is -0.703. The molecule has 16 heavy (non-hydrogen) atoms. The number of hydrogen-bond donors (Lipinski definition) is 0. The van der Waals surface area contributed by atoms with Crippen LogP contribution >= 0.6 is 38.5 Å². The van der Waals surface area contributed by atoms with Crippen molar-refractivity contribution in [3.8, 4) is 0 Å². The minimum atomic E-state index is -4.41. The molecule has 0 atom stereocenters. The zero-order chi connectivity index (χ0) is 12.3.